The number of benzene rings is 1. The van der Waals surface area contributed by atoms with Crippen molar-refractivity contribution < 1.29 is 9.59 Å². The molecule has 1 aromatic rings. The summed E-state index contributed by atoms with van der Waals surface area (Å²) < 4.78 is 0. The molecular weight excluding hydrogens is 230 g/mol. The number of primary amides is 1. The second kappa shape index (κ2) is 5.53. The lowest BCUT2D eigenvalue weighted by atomic mass is 10.1. The van der Waals surface area contributed by atoms with Gasteiger partial charge in [0, 0.05) is 17.8 Å². The van der Waals surface area contributed by atoms with Crippen LogP contribution in [0.15, 0.2) is 24.3 Å². The Kier molecular flexibility index (Phi) is 3.82. The predicted octanol–water partition coefficient (Wildman–Crippen LogP) is 0.866. The van der Waals surface area contributed by atoms with Gasteiger partial charge in [-0.05, 0) is 37.5 Å². The zero-order valence-corrected chi connectivity index (χ0v) is 10.1. The van der Waals surface area contributed by atoms with Gasteiger partial charge in [-0.25, -0.2) is 0 Å². The van der Waals surface area contributed by atoms with E-state index in [0.717, 1.165) is 31.5 Å². The van der Waals surface area contributed by atoms with Crippen molar-refractivity contribution in [3.05, 3.63) is 29.8 Å². The lowest BCUT2D eigenvalue weighted by molar-refractivity contribution is -0.121. The van der Waals surface area contributed by atoms with Crippen LogP contribution in [0.3, 0.4) is 0 Å². The number of nitrogens with two attached hydrogens (primary N) is 1. The quantitative estimate of drug-likeness (QED) is 0.741. The summed E-state index contributed by atoms with van der Waals surface area (Å²) in [7, 11) is 0. The Balaban J connectivity index is 2.10. The average molecular weight is 247 g/mol. The van der Waals surface area contributed by atoms with Gasteiger partial charge in [-0.15, -0.1) is 0 Å². The number of hydrogen-bond acceptors (Lipinski definition) is 3. The lowest BCUT2D eigenvalue weighted by Gasteiger charge is -2.16. The topological polar surface area (TPSA) is 84.2 Å². The third-order valence-electron chi connectivity index (χ3n) is 3.02. The van der Waals surface area contributed by atoms with Gasteiger partial charge in [0.1, 0.15) is 6.04 Å². The largest absolute Gasteiger partial charge is 0.374 e. The minimum Gasteiger partial charge on any atom is -0.374 e. The Hall–Kier alpha value is -2.04. The number of hydrogen-bond donors (Lipinski definition) is 3. The molecule has 1 saturated heterocycles. The Morgan fingerprint density at radius 3 is 3.00 bits per heavy atom. The van der Waals surface area contributed by atoms with Crippen molar-refractivity contribution in [2.45, 2.75) is 25.3 Å². The minimum absolute atomic E-state index is 0.0111. The van der Waals surface area contributed by atoms with Gasteiger partial charge in [0.25, 0.3) is 0 Å². The summed E-state index contributed by atoms with van der Waals surface area (Å²) in [6, 6.07) is 6.65. The van der Waals surface area contributed by atoms with Crippen molar-refractivity contribution in [3.63, 3.8) is 0 Å². The normalized spacial score (nSPS) is 19.8. The molecule has 0 radical (unpaired) electrons. The molecule has 5 heteroatoms. The van der Waals surface area contributed by atoms with Crippen LogP contribution in [0, 0.1) is 0 Å². The number of nitrogens with one attached hydrogen (secondary N) is 2. The van der Waals surface area contributed by atoms with Gasteiger partial charge in [-0.1, -0.05) is 6.07 Å². The van der Waals surface area contributed by atoms with E-state index < -0.39 is 5.91 Å². The third kappa shape index (κ3) is 3.00. The zero-order chi connectivity index (χ0) is 13.0. The standard InChI is InChI=1S/C13H17N3O2/c14-12(17)9-4-3-5-10(8-9)16-11-6-1-2-7-15-13(11)18/h3-5,8,11,16H,1-2,6-7H2,(H2,14,17)(H,15,18)/t11-/m1/s1. The molecule has 0 aliphatic carbocycles. The molecule has 0 spiro atoms. The maximum absolute atomic E-state index is 11.8. The van der Waals surface area contributed by atoms with Gasteiger partial charge >= 0.3 is 0 Å². The van der Waals surface area contributed by atoms with Crippen LogP contribution >= 0.6 is 0 Å². The maximum atomic E-state index is 11.8. The molecular formula is C13H17N3O2. The van der Waals surface area contributed by atoms with Crippen molar-refractivity contribution in [2.24, 2.45) is 5.73 Å². The summed E-state index contributed by atoms with van der Waals surface area (Å²) in [6.07, 6.45) is 2.81. The molecule has 0 aromatic heterocycles. The average Bonchev–Trinajstić information content (AvgIpc) is 2.55. The van der Waals surface area contributed by atoms with Gasteiger partial charge < -0.3 is 16.4 Å². The van der Waals surface area contributed by atoms with E-state index in [1.165, 1.54) is 0 Å². The summed E-state index contributed by atoms with van der Waals surface area (Å²) in [5, 5.41) is 6.01. The van der Waals surface area contributed by atoms with Gasteiger partial charge in [0.2, 0.25) is 11.8 Å². The summed E-state index contributed by atoms with van der Waals surface area (Å²) in [6.45, 7) is 0.734. The summed E-state index contributed by atoms with van der Waals surface area (Å²) >= 11 is 0. The number of carbonyl (C=O) groups is 2. The minimum atomic E-state index is -0.469. The molecule has 1 heterocycles. The Labute approximate surface area is 106 Å². The SMILES string of the molecule is NC(=O)c1cccc(N[C@@H]2CCCCNC2=O)c1. The smallest absolute Gasteiger partial charge is 0.248 e. The van der Waals surface area contributed by atoms with E-state index in [1.54, 1.807) is 18.2 Å². The highest BCUT2D eigenvalue weighted by Gasteiger charge is 2.20. The molecule has 0 unspecified atom stereocenters. The Morgan fingerprint density at radius 2 is 2.22 bits per heavy atom. The van der Waals surface area contributed by atoms with Crippen molar-refractivity contribution in [1.29, 1.82) is 0 Å². The Morgan fingerprint density at radius 1 is 1.39 bits per heavy atom. The van der Waals surface area contributed by atoms with E-state index >= 15 is 0 Å². The zero-order valence-electron chi connectivity index (χ0n) is 10.1. The molecule has 96 valence electrons. The second-order valence-electron chi connectivity index (χ2n) is 4.43. The highest BCUT2D eigenvalue weighted by molar-refractivity contribution is 5.94. The lowest BCUT2D eigenvalue weighted by Crippen LogP contribution is -2.37. The van der Waals surface area contributed by atoms with Crippen molar-refractivity contribution in [2.75, 3.05) is 11.9 Å². The monoisotopic (exact) mass is 247 g/mol. The fourth-order valence-electron chi connectivity index (χ4n) is 2.04. The molecule has 2 amide bonds. The summed E-state index contributed by atoms with van der Waals surface area (Å²) in [5.74, 6) is -0.457. The molecule has 4 N–H and O–H groups in total. The van der Waals surface area contributed by atoms with Gasteiger partial charge in [0.15, 0.2) is 0 Å². The molecule has 1 aliphatic rings. The van der Waals surface area contributed by atoms with Crippen LogP contribution in [0.2, 0.25) is 0 Å². The summed E-state index contributed by atoms with van der Waals surface area (Å²) in [4.78, 5) is 22.9. The van der Waals surface area contributed by atoms with Gasteiger partial charge in [0.05, 0.1) is 0 Å². The van der Waals surface area contributed by atoms with Crippen LogP contribution in [0.4, 0.5) is 5.69 Å². The van der Waals surface area contributed by atoms with Crippen LogP contribution in [0.1, 0.15) is 29.6 Å². The number of amides is 2. The second-order valence-corrected chi connectivity index (χ2v) is 4.43. The van der Waals surface area contributed by atoms with Crippen LogP contribution < -0.4 is 16.4 Å². The third-order valence-corrected chi connectivity index (χ3v) is 3.02. The number of rotatable bonds is 3. The van der Waals surface area contributed by atoms with Crippen molar-refractivity contribution >= 4 is 17.5 Å². The highest BCUT2D eigenvalue weighted by Crippen LogP contribution is 2.15. The molecule has 2 rings (SSSR count). The van der Waals surface area contributed by atoms with Gasteiger partial charge in [-0.3, -0.25) is 9.59 Å². The molecule has 1 aliphatic heterocycles. The Bertz CT molecular complexity index is 459. The molecule has 1 aromatic carbocycles. The summed E-state index contributed by atoms with van der Waals surface area (Å²) in [5.41, 5.74) is 6.40. The first kappa shape index (κ1) is 12.4. The van der Waals surface area contributed by atoms with E-state index in [9.17, 15) is 9.59 Å². The number of anilines is 1. The fraction of sp³-hybridized carbons (Fsp3) is 0.385. The fourth-order valence-corrected chi connectivity index (χ4v) is 2.04. The van der Waals surface area contributed by atoms with E-state index in [4.69, 9.17) is 5.73 Å². The first-order valence-corrected chi connectivity index (χ1v) is 6.11. The molecule has 1 fully saturated rings. The molecule has 18 heavy (non-hydrogen) atoms. The molecule has 0 bridgehead atoms. The van der Waals surface area contributed by atoms with Crippen LogP contribution in [0.5, 0.6) is 0 Å². The van der Waals surface area contributed by atoms with Crippen molar-refractivity contribution in [1.82, 2.24) is 5.32 Å². The predicted molar refractivity (Wildman–Crippen MR) is 69.2 cm³/mol. The van der Waals surface area contributed by atoms with Crippen LogP contribution in [0.25, 0.3) is 0 Å². The molecule has 0 saturated carbocycles. The molecule has 5 nitrogen and oxygen atoms in total. The van der Waals surface area contributed by atoms with Crippen LogP contribution in [-0.2, 0) is 4.79 Å². The first-order chi connectivity index (χ1) is 8.66. The molecule has 1 atom stereocenters. The van der Waals surface area contributed by atoms with E-state index in [1.807, 2.05) is 6.07 Å². The van der Waals surface area contributed by atoms with Crippen LogP contribution in [-0.4, -0.2) is 24.4 Å². The van der Waals surface area contributed by atoms with E-state index in [-0.39, 0.29) is 11.9 Å². The highest BCUT2D eigenvalue weighted by atomic mass is 16.2. The van der Waals surface area contributed by atoms with Gasteiger partial charge in [-0.2, -0.15) is 0 Å². The maximum Gasteiger partial charge on any atom is 0.248 e. The van der Waals surface area contributed by atoms with E-state index in [0.29, 0.717) is 5.56 Å². The van der Waals surface area contributed by atoms with E-state index in [2.05, 4.69) is 10.6 Å². The first-order valence-electron chi connectivity index (χ1n) is 6.11. The number of carbonyl (C=O) groups excluding carboxylic acids is 2. The van der Waals surface area contributed by atoms with Crippen molar-refractivity contribution in [3.8, 4) is 0 Å².